The molecule has 7 nitrogen and oxygen atoms in total. The highest BCUT2D eigenvalue weighted by molar-refractivity contribution is 5.94. The monoisotopic (exact) mass is 428 g/mol. The van der Waals surface area contributed by atoms with E-state index < -0.39 is 5.95 Å². The quantitative estimate of drug-likeness (QED) is 0.487. The number of carbonyl (C=O) groups excluding carboxylic acids is 1. The molecule has 32 heavy (non-hydrogen) atoms. The number of carbonyl (C=O) groups is 1. The summed E-state index contributed by atoms with van der Waals surface area (Å²) in [7, 11) is 1.83. The molecule has 0 saturated heterocycles. The van der Waals surface area contributed by atoms with Crippen LogP contribution in [0.2, 0.25) is 0 Å². The highest BCUT2D eigenvalue weighted by atomic mass is 19.1. The Morgan fingerprint density at radius 3 is 2.72 bits per heavy atom. The first-order chi connectivity index (χ1) is 15.6. The van der Waals surface area contributed by atoms with Crippen LogP contribution < -0.4 is 10.2 Å². The molecule has 4 aromatic rings. The maximum absolute atomic E-state index is 13.0. The van der Waals surface area contributed by atoms with E-state index in [-0.39, 0.29) is 12.5 Å². The summed E-state index contributed by atoms with van der Waals surface area (Å²) in [6, 6.07) is 12.7. The van der Waals surface area contributed by atoms with Crippen LogP contribution in [0.1, 0.15) is 17.7 Å². The number of fused-ring (bicyclic) bond motifs is 2. The van der Waals surface area contributed by atoms with Gasteiger partial charge in [-0.2, -0.15) is 4.39 Å². The fraction of sp³-hybridized carbons (Fsp3) is 0.208. The van der Waals surface area contributed by atoms with Gasteiger partial charge in [0.05, 0.1) is 18.4 Å². The molecule has 5 rings (SSSR count). The highest BCUT2D eigenvalue weighted by Crippen LogP contribution is 2.31. The zero-order chi connectivity index (χ0) is 22.1. The summed E-state index contributed by atoms with van der Waals surface area (Å²) in [6.07, 6.45) is 5.89. The zero-order valence-electron chi connectivity index (χ0n) is 17.5. The number of halogens is 1. The first kappa shape index (κ1) is 20.0. The molecule has 0 bridgehead atoms. The average molecular weight is 428 g/mol. The Balaban J connectivity index is 1.43. The van der Waals surface area contributed by atoms with Gasteiger partial charge in [-0.05, 0) is 42.8 Å². The van der Waals surface area contributed by atoms with E-state index in [4.69, 9.17) is 9.97 Å². The number of aromatic nitrogens is 4. The second-order valence-electron chi connectivity index (χ2n) is 7.84. The molecular weight excluding hydrogens is 407 g/mol. The number of rotatable bonds is 5. The van der Waals surface area contributed by atoms with Crippen LogP contribution in [0.25, 0.3) is 22.3 Å². The number of hydrogen-bond donors (Lipinski definition) is 1. The Bertz CT molecular complexity index is 1310. The van der Waals surface area contributed by atoms with E-state index in [1.165, 1.54) is 18.3 Å². The van der Waals surface area contributed by atoms with Crippen LogP contribution in [0.5, 0.6) is 0 Å². The Morgan fingerprint density at radius 2 is 1.91 bits per heavy atom. The normalized spacial score (nSPS) is 12.6. The van der Waals surface area contributed by atoms with Crippen molar-refractivity contribution in [3.05, 3.63) is 72.1 Å². The standard InChI is InChI=1S/C24H21FN6O/c1-31(14-22(32)28-17-9-10-21(25)27-13-17)24-18-7-4-8-19(18)29-23(30-24)20-11-15-5-2-3-6-16(15)12-26-20/h2-3,5-6,9-13H,4,7-8,14H2,1H3,(H,28,32). The van der Waals surface area contributed by atoms with Gasteiger partial charge in [0.25, 0.3) is 0 Å². The summed E-state index contributed by atoms with van der Waals surface area (Å²) in [4.78, 5) is 32.1. The summed E-state index contributed by atoms with van der Waals surface area (Å²) in [5.74, 6) is 0.467. The number of benzene rings is 1. The summed E-state index contributed by atoms with van der Waals surface area (Å²) >= 11 is 0. The van der Waals surface area contributed by atoms with Crippen molar-refractivity contribution in [3.63, 3.8) is 0 Å². The van der Waals surface area contributed by atoms with Crippen molar-refractivity contribution in [2.45, 2.75) is 19.3 Å². The van der Waals surface area contributed by atoms with Gasteiger partial charge in [-0.1, -0.05) is 24.3 Å². The highest BCUT2D eigenvalue weighted by Gasteiger charge is 2.23. The first-order valence-corrected chi connectivity index (χ1v) is 10.4. The smallest absolute Gasteiger partial charge is 0.243 e. The predicted molar refractivity (Wildman–Crippen MR) is 121 cm³/mol. The van der Waals surface area contributed by atoms with Gasteiger partial charge < -0.3 is 10.2 Å². The average Bonchev–Trinajstić information content (AvgIpc) is 3.28. The van der Waals surface area contributed by atoms with Crippen molar-refractivity contribution in [2.24, 2.45) is 0 Å². The first-order valence-electron chi connectivity index (χ1n) is 10.4. The molecule has 0 spiro atoms. The number of nitrogens with one attached hydrogen (secondary N) is 1. The fourth-order valence-corrected chi connectivity index (χ4v) is 3.99. The third-order valence-corrected chi connectivity index (χ3v) is 5.52. The van der Waals surface area contributed by atoms with Crippen LogP contribution >= 0.6 is 0 Å². The number of aryl methyl sites for hydroxylation is 1. The molecule has 3 aromatic heterocycles. The van der Waals surface area contributed by atoms with Crippen molar-refractivity contribution in [3.8, 4) is 11.5 Å². The second kappa shape index (κ2) is 8.30. The van der Waals surface area contributed by atoms with Gasteiger partial charge in [0.1, 0.15) is 11.5 Å². The minimum absolute atomic E-state index is 0.0887. The van der Waals surface area contributed by atoms with Gasteiger partial charge in [-0.3, -0.25) is 9.78 Å². The predicted octanol–water partition coefficient (Wildman–Crippen LogP) is 3.79. The molecule has 0 saturated carbocycles. The molecule has 160 valence electrons. The third kappa shape index (κ3) is 3.99. The van der Waals surface area contributed by atoms with E-state index in [0.29, 0.717) is 17.2 Å². The number of nitrogens with zero attached hydrogens (tertiary/aromatic N) is 5. The summed E-state index contributed by atoms with van der Waals surface area (Å²) in [5, 5.41) is 4.87. The largest absolute Gasteiger partial charge is 0.350 e. The SMILES string of the molecule is CN(CC(=O)Nc1ccc(F)nc1)c1nc(-c2cc3ccccc3cn2)nc2c1CCC2. The number of amides is 1. The Hall–Kier alpha value is -3.94. The summed E-state index contributed by atoms with van der Waals surface area (Å²) in [5.41, 5.74) is 3.23. The molecular formula is C24H21FN6O. The molecule has 1 amide bonds. The lowest BCUT2D eigenvalue weighted by Crippen LogP contribution is -2.31. The van der Waals surface area contributed by atoms with Crippen LogP contribution in [-0.2, 0) is 17.6 Å². The van der Waals surface area contributed by atoms with Crippen LogP contribution in [0.3, 0.4) is 0 Å². The lowest BCUT2D eigenvalue weighted by atomic mass is 10.1. The summed E-state index contributed by atoms with van der Waals surface area (Å²) < 4.78 is 13.0. The molecule has 0 fully saturated rings. The molecule has 8 heteroatoms. The maximum atomic E-state index is 13.0. The van der Waals surface area contributed by atoms with E-state index >= 15 is 0 Å². The van der Waals surface area contributed by atoms with Crippen molar-refractivity contribution in [1.82, 2.24) is 19.9 Å². The van der Waals surface area contributed by atoms with Crippen molar-refractivity contribution in [2.75, 3.05) is 23.8 Å². The van der Waals surface area contributed by atoms with E-state index in [2.05, 4.69) is 15.3 Å². The lowest BCUT2D eigenvalue weighted by molar-refractivity contribution is -0.114. The second-order valence-corrected chi connectivity index (χ2v) is 7.84. The van der Waals surface area contributed by atoms with E-state index in [9.17, 15) is 9.18 Å². The molecule has 1 aliphatic rings. The number of hydrogen-bond acceptors (Lipinski definition) is 6. The van der Waals surface area contributed by atoms with Gasteiger partial charge in [0.2, 0.25) is 11.9 Å². The van der Waals surface area contributed by atoms with Crippen LogP contribution in [0.4, 0.5) is 15.9 Å². The Kier molecular flexibility index (Phi) is 5.18. The molecule has 0 unspecified atom stereocenters. The van der Waals surface area contributed by atoms with Gasteiger partial charge >= 0.3 is 0 Å². The molecule has 0 atom stereocenters. The van der Waals surface area contributed by atoms with Crippen molar-refractivity contribution < 1.29 is 9.18 Å². The number of anilines is 2. The molecule has 1 aliphatic carbocycles. The van der Waals surface area contributed by atoms with E-state index in [1.807, 2.05) is 48.5 Å². The lowest BCUT2D eigenvalue weighted by Gasteiger charge is -2.21. The topological polar surface area (TPSA) is 83.9 Å². The molecule has 3 heterocycles. The van der Waals surface area contributed by atoms with Gasteiger partial charge in [0, 0.05) is 29.9 Å². The minimum Gasteiger partial charge on any atom is -0.350 e. The molecule has 0 aliphatic heterocycles. The molecule has 1 aromatic carbocycles. The van der Waals surface area contributed by atoms with Gasteiger partial charge in [0.15, 0.2) is 5.82 Å². The Labute approximate surface area is 184 Å². The van der Waals surface area contributed by atoms with E-state index in [0.717, 1.165) is 47.1 Å². The summed E-state index contributed by atoms with van der Waals surface area (Å²) in [6.45, 7) is 0.0887. The number of pyridine rings is 2. The minimum atomic E-state index is -0.591. The van der Waals surface area contributed by atoms with Gasteiger partial charge in [-0.25, -0.2) is 15.0 Å². The van der Waals surface area contributed by atoms with Crippen molar-refractivity contribution >= 4 is 28.2 Å². The maximum Gasteiger partial charge on any atom is 0.243 e. The number of likely N-dealkylation sites (N-methyl/N-ethyl adjacent to an activating group) is 1. The van der Waals surface area contributed by atoms with Crippen LogP contribution in [-0.4, -0.2) is 39.4 Å². The van der Waals surface area contributed by atoms with Crippen LogP contribution in [0, 0.1) is 5.95 Å². The Morgan fingerprint density at radius 1 is 1.06 bits per heavy atom. The van der Waals surface area contributed by atoms with Crippen LogP contribution in [0.15, 0.2) is 54.9 Å². The fourth-order valence-electron chi connectivity index (χ4n) is 3.99. The van der Waals surface area contributed by atoms with E-state index in [1.54, 1.807) is 0 Å². The third-order valence-electron chi connectivity index (χ3n) is 5.52. The molecule has 1 N–H and O–H groups in total. The zero-order valence-corrected chi connectivity index (χ0v) is 17.5. The van der Waals surface area contributed by atoms with Crippen molar-refractivity contribution in [1.29, 1.82) is 0 Å². The molecule has 0 radical (unpaired) electrons. The van der Waals surface area contributed by atoms with Gasteiger partial charge in [-0.15, -0.1) is 0 Å².